The van der Waals surface area contributed by atoms with Crippen LogP contribution in [-0.4, -0.2) is 11.1 Å². The molecular weight excluding hydrogens is 224 g/mol. The smallest absolute Gasteiger partial charge is 0.306 e. The maximum absolute atomic E-state index is 11.0. The van der Waals surface area contributed by atoms with Gasteiger partial charge in [0.1, 0.15) is 0 Å². The Morgan fingerprint density at radius 2 is 1.44 bits per heavy atom. The number of carboxylic acids is 1. The molecule has 108 valence electrons. The van der Waals surface area contributed by atoms with Gasteiger partial charge in [-0.05, 0) is 35.5 Å². The molecule has 0 amide bonds. The van der Waals surface area contributed by atoms with E-state index >= 15 is 0 Å². The van der Waals surface area contributed by atoms with Crippen molar-refractivity contribution < 1.29 is 9.90 Å². The molecule has 0 saturated carbocycles. The molecule has 0 aliphatic carbocycles. The van der Waals surface area contributed by atoms with Crippen molar-refractivity contribution in [3.63, 3.8) is 0 Å². The normalized spacial score (nSPS) is 15.6. The van der Waals surface area contributed by atoms with E-state index in [1.54, 1.807) is 0 Å². The molecule has 2 heteroatoms. The van der Waals surface area contributed by atoms with Crippen molar-refractivity contribution in [2.45, 2.75) is 74.7 Å². The summed E-state index contributed by atoms with van der Waals surface area (Å²) in [6, 6.07) is 0. The van der Waals surface area contributed by atoms with Crippen LogP contribution in [0.2, 0.25) is 0 Å². The van der Waals surface area contributed by atoms with Crippen LogP contribution in [-0.2, 0) is 4.79 Å². The molecule has 18 heavy (non-hydrogen) atoms. The molecule has 0 bridgehead atoms. The number of carbonyl (C=O) groups is 1. The number of hydrogen-bond acceptors (Lipinski definition) is 1. The Bertz CT molecular complexity index is 264. The van der Waals surface area contributed by atoms with Crippen molar-refractivity contribution in [3.8, 4) is 0 Å². The van der Waals surface area contributed by atoms with Gasteiger partial charge in [0.25, 0.3) is 0 Å². The van der Waals surface area contributed by atoms with Crippen molar-refractivity contribution in [1.82, 2.24) is 0 Å². The minimum absolute atomic E-state index is 0.170. The predicted molar refractivity (Wildman–Crippen MR) is 77.7 cm³/mol. The summed E-state index contributed by atoms with van der Waals surface area (Å²) in [7, 11) is 0. The van der Waals surface area contributed by atoms with E-state index in [9.17, 15) is 4.79 Å². The molecule has 1 N–H and O–H groups in total. The first kappa shape index (κ1) is 17.5. The number of rotatable bonds is 5. The Morgan fingerprint density at radius 1 is 1.06 bits per heavy atom. The summed E-state index contributed by atoms with van der Waals surface area (Å²) in [6.45, 7) is 17.8. The standard InChI is InChI=1S/C16H32O2/c1-9-16(14(3,4)5,15(6,7)8)11-10-12(2)13(17)18/h12H,9-11H2,1-8H3,(H,17,18). The van der Waals surface area contributed by atoms with E-state index in [1.165, 1.54) is 0 Å². The quantitative estimate of drug-likeness (QED) is 0.753. The van der Waals surface area contributed by atoms with Gasteiger partial charge in [-0.2, -0.15) is 0 Å². The summed E-state index contributed by atoms with van der Waals surface area (Å²) in [5.41, 5.74) is 0.528. The van der Waals surface area contributed by atoms with Crippen molar-refractivity contribution >= 4 is 5.97 Å². The van der Waals surface area contributed by atoms with E-state index < -0.39 is 5.97 Å². The van der Waals surface area contributed by atoms with Crippen LogP contribution in [0, 0.1) is 22.2 Å². The lowest BCUT2D eigenvalue weighted by molar-refractivity contribution is -0.142. The molecule has 0 aromatic rings. The fourth-order valence-corrected chi connectivity index (χ4v) is 3.70. The molecule has 0 fully saturated rings. The zero-order valence-electron chi connectivity index (χ0n) is 13.6. The van der Waals surface area contributed by atoms with Crippen molar-refractivity contribution in [3.05, 3.63) is 0 Å². The highest BCUT2D eigenvalue weighted by molar-refractivity contribution is 5.69. The van der Waals surface area contributed by atoms with Gasteiger partial charge in [-0.3, -0.25) is 4.79 Å². The summed E-state index contributed by atoms with van der Waals surface area (Å²) in [6.07, 6.45) is 2.83. The van der Waals surface area contributed by atoms with Crippen LogP contribution in [0.15, 0.2) is 0 Å². The average molecular weight is 256 g/mol. The van der Waals surface area contributed by atoms with Gasteiger partial charge in [0.2, 0.25) is 0 Å². The zero-order valence-corrected chi connectivity index (χ0v) is 13.6. The number of hydrogen-bond donors (Lipinski definition) is 1. The van der Waals surface area contributed by atoms with Gasteiger partial charge in [-0.1, -0.05) is 55.4 Å². The van der Waals surface area contributed by atoms with E-state index in [4.69, 9.17) is 5.11 Å². The molecule has 0 aliphatic rings. The van der Waals surface area contributed by atoms with Gasteiger partial charge >= 0.3 is 5.97 Å². The number of carboxylic acid groups (broad SMARTS) is 1. The summed E-state index contributed by atoms with van der Waals surface area (Å²) in [5, 5.41) is 9.06. The van der Waals surface area contributed by atoms with Crippen LogP contribution in [0.5, 0.6) is 0 Å². The first-order valence-electron chi connectivity index (χ1n) is 7.12. The second kappa shape index (κ2) is 5.63. The Hall–Kier alpha value is -0.530. The lowest BCUT2D eigenvalue weighted by Gasteiger charge is -2.54. The molecule has 0 aromatic carbocycles. The highest BCUT2D eigenvalue weighted by Gasteiger charge is 2.48. The first-order chi connectivity index (χ1) is 7.89. The monoisotopic (exact) mass is 256 g/mol. The zero-order chi connectivity index (χ0) is 14.8. The summed E-state index contributed by atoms with van der Waals surface area (Å²) in [4.78, 5) is 11.0. The van der Waals surface area contributed by atoms with E-state index in [1.807, 2.05) is 6.92 Å². The van der Waals surface area contributed by atoms with Gasteiger partial charge in [-0.25, -0.2) is 0 Å². The lowest BCUT2D eigenvalue weighted by Crippen LogP contribution is -2.46. The van der Waals surface area contributed by atoms with E-state index in [-0.39, 0.29) is 22.2 Å². The van der Waals surface area contributed by atoms with E-state index in [2.05, 4.69) is 48.5 Å². The third-order valence-electron chi connectivity index (χ3n) is 4.90. The fraction of sp³-hybridized carbons (Fsp3) is 0.938. The van der Waals surface area contributed by atoms with E-state index in [0.29, 0.717) is 0 Å². The Kier molecular flexibility index (Phi) is 5.46. The van der Waals surface area contributed by atoms with E-state index in [0.717, 1.165) is 19.3 Å². The Labute approximate surface area is 113 Å². The molecule has 1 unspecified atom stereocenters. The van der Waals surface area contributed by atoms with Gasteiger partial charge in [0.05, 0.1) is 5.92 Å². The van der Waals surface area contributed by atoms with Crippen molar-refractivity contribution in [2.24, 2.45) is 22.2 Å². The Balaban J connectivity index is 5.19. The third kappa shape index (κ3) is 3.49. The van der Waals surface area contributed by atoms with Gasteiger partial charge in [0.15, 0.2) is 0 Å². The first-order valence-corrected chi connectivity index (χ1v) is 7.12. The van der Waals surface area contributed by atoms with Gasteiger partial charge in [-0.15, -0.1) is 0 Å². The molecular formula is C16H32O2. The SMILES string of the molecule is CCC(CCC(C)C(=O)O)(C(C)(C)C)C(C)(C)C. The van der Waals surface area contributed by atoms with Crippen LogP contribution in [0.25, 0.3) is 0 Å². The average Bonchev–Trinajstić information content (AvgIpc) is 2.14. The summed E-state index contributed by atoms with van der Waals surface area (Å²) >= 11 is 0. The molecule has 0 aromatic heterocycles. The minimum atomic E-state index is -0.678. The molecule has 0 aliphatic heterocycles. The molecule has 2 nitrogen and oxygen atoms in total. The molecule has 1 atom stereocenters. The lowest BCUT2D eigenvalue weighted by atomic mass is 9.51. The minimum Gasteiger partial charge on any atom is -0.481 e. The Morgan fingerprint density at radius 3 is 1.67 bits per heavy atom. The van der Waals surface area contributed by atoms with Crippen molar-refractivity contribution in [2.75, 3.05) is 0 Å². The van der Waals surface area contributed by atoms with Gasteiger partial charge < -0.3 is 5.11 Å². The van der Waals surface area contributed by atoms with Gasteiger partial charge in [0, 0.05) is 0 Å². The number of aliphatic carboxylic acids is 1. The third-order valence-corrected chi connectivity index (χ3v) is 4.90. The van der Waals surface area contributed by atoms with Crippen LogP contribution in [0.3, 0.4) is 0 Å². The summed E-state index contributed by atoms with van der Waals surface area (Å²) in [5.74, 6) is -0.927. The molecule has 0 heterocycles. The van der Waals surface area contributed by atoms with Crippen molar-refractivity contribution in [1.29, 1.82) is 0 Å². The summed E-state index contributed by atoms with van der Waals surface area (Å²) < 4.78 is 0. The second-order valence-corrected chi connectivity index (χ2v) is 7.71. The van der Waals surface area contributed by atoms with Crippen LogP contribution in [0.1, 0.15) is 74.7 Å². The largest absolute Gasteiger partial charge is 0.481 e. The molecule has 0 rings (SSSR count). The maximum atomic E-state index is 11.0. The molecule has 0 saturated heterocycles. The molecule has 0 radical (unpaired) electrons. The van der Waals surface area contributed by atoms with Crippen LogP contribution in [0.4, 0.5) is 0 Å². The maximum Gasteiger partial charge on any atom is 0.306 e. The van der Waals surface area contributed by atoms with Crippen LogP contribution >= 0.6 is 0 Å². The molecule has 0 spiro atoms. The fourth-order valence-electron chi connectivity index (χ4n) is 3.70. The predicted octanol–water partition coefficient (Wildman–Crippen LogP) is 4.98. The second-order valence-electron chi connectivity index (χ2n) is 7.71. The highest BCUT2D eigenvalue weighted by atomic mass is 16.4. The van der Waals surface area contributed by atoms with Crippen LogP contribution < -0.4 is 0 Å². The highest BCUT2D eigenvalue weighted by Crippen LogP contribution is 2.57. The topological polar surface area (TPSA) is 37.3 Å².